The Bertz CT molecular complexity index is 293. The standard InChI is InChI=1S/C11H19NOS/c1-5-11(3,4)9(13)6-10-12-8(2)7-14-10/h7,9,13H,5-6H2,1-4H3. The minimum absolute atomic E-state index is 0.0143. The lowest BCUT2D eigenvalue weighted by Crippen LogP contribution is -2.30. The second kappa shape index (κ2) is 4.41. The van der Waals surface area contributed by atoms with Crippen molar-refractivity contribution >= 4 is 11.3 Å². The third-order valence-corrected chi connectivity index (χ3v) is 3.84. The van der Waals surface area contributed by atoms with E-state index in [9.17, 15) is 5.11 Å². The number of hydrogen-bond donors (Lipinski definition) is 1. The molecule has 1 atom stereocenters. The molecular formula is C11H19NOS. The lowest BCUT2D eigenvalue weighted by Gasteiger charge is -2.28. The summed E-state index contributed by atoms with van der Waals surface area (Å²) in [6, 6.07) is 0. The summed E-state index contributed by atoms with van der Waals surface area (Å²) in [5.41, 5.74) is 1.03. The molecule has 0 bridgehead atoms. The first-order valence-electron chi connectivity index (χ1n) is 5.05. The average Bonchev–Trinajstić information content (AvgIpc) is 2.51. The summed E-state index contributed by atoms with van der Waals surface area (Å²) in [7, 11) is 0. The Morgan fingerprint density at radius 1 is 1.57 bits per heavy atom. The molecule has 0 fully saturated rings. The summed E-state index contributed by atoms with van der Waals surface area (Å²) in [5, 5.41) is 13.1. The van der Waals surface area contributed by atoms with Crippen molar-refractivity contribution in [3.05, 3.63) is 16.1 Å². The number of aryl methyl sites for hydroxylation is 1. The van der Waals surface area contributed by atoms with Gasteiger partial charge in [0.05, 0.1) is 11.1 Å². The van der Waals surface area contributed by atoms with Crippen LogP contribution in [0.5, 0.6) is 0 Å². The second-order valence-corrected chi connectivity index (χ2v) is 5.39. The third-order valence-electron chi connectivity index (χ3n) is 2.85. The Hall–Kier alpha value is -0.410. The summed E-state index contributed by atoms with van der Waals surface area (Å²) in [6.45, 7) is 8.28. The smallest absolute Gasteiger partial charge is 0.0954 e. The SMILES string of the molecule is CCC(C)(C)C(O)Cc1nc(C)cs1. The van der Waals surface area contributed by atoms with E-state index in [1.807, 2.05) is 12.3 Å². The summed E-state index contributed by atoms with van der Waals surface area (Å²) in [6.07, 6.45) is 1.37. The average molecular weight is 213 g/mol. The molecule has 1 heterocycles. The zero-order valence-corrected chi connectivity index (χ0v) is 10.2. The van der Waals surface area contributed by atoms with Gasteiger partial charge in [-0.2, -0.15) is 0 Å². The summed E-state index contributed by atoms with van der Waals surface area (Å²) in [4.78, 5) is 4.36. The zero-order valence-electron chi connectivity index (χ0n) is 9.37. The molecule has 0 aliphatic rings. The monoisotopic (exact) mass is 213 g/mol. The second-order valence-electron chi connectivity index (χ2n) is 4.44. The predicted octanol–water partition coefficient (Wildman–Crippen LogP) is 2.79. The van der Waals surface area contributed by atoms with Crippen LogP contribution in [-0.2, 0) is 6.42 Å². The van der Waals surface area contributed by atoms with E-state index in [-0.39, 0.29) is 11.5 Å². The number of rotatable bonds is 4. The topological polar surface area (TPSA) is 33.1 Å². The fourth-order valence-corrected chi connectivity index (χ4v) is 1.98. The first-order chi connectivity index (χ1) is 6.45. The fourth-order valence-electron chi connectivity index (χ4n) is 1.17. The summed E-state index contributed by atoms with van der Waals surface area (Å²) in [5.74, 6) is 0. The maximum Gasteiger partial charge on any atom is 0.0954 e. The summed E-state index contributed by atoms with van der Waals surface area (Å²) >= 11 is 1.63. The molecular weight excluding hydrogens is 194 g/mol. The first-order valence-corrected chi connectivity index (χ1v) is 5.92. The van der Waals surface area contributed by atoms with Gasteiger partial charge in [-0.05, 0) is 18.8 Å². The van der Waals surface area contributed by atoms with E-state index in [2.05, 4.69) is 25.8 Å². The van der Waals surface area contributed by atoms with Crippen molar-refractivity contribution in [1.29, 1.82) is 0 Å². The minimum Gasteiger partial charge on any atom is -0.392 e. The van der Waals surface area contributed by atoms with Gasteiger partial charge in [-0.3, -0.25) is 0 Å². The molecule has 1 N–H and O–H groups in total. The number of aliphatic hydroxyl groups excluding tert-OH is 1. The molecule has 0 saturated carbocycles. The van der Waals surface area contributed by atoms with Gasteiger partial charge in [0, 0.05) is 17.5 Å². The highest BCUT2D eigenvalue weighted by Crippen LogP contribution is 2.27. The highest BCUT2D eigenvalue weighted by Gasteiger charge is 2.26. The molecule has 0 amide bonds. The maximum absolute atomic E-state index is 10.0. The van der Waals surface area contributed by atoms with E-state index in [0.717, 1.165) is 17.1 Å². The van der Waals surface area contributed by atoms with Crippen LogP contribution in [0.25, 0.3) is 0 Å². The molecule has 0 spiro atoms. The molecule has 1 aromatic rings. The van der Waals surface area contributed by atoms with Crippen LogP contribution >= 0.6 is 11.3 Å². The molecule has 1 unspecified atom stereocenters. The lowest BCUT2D eigenvalue weighted by atomic mass is 9.82. The largest absolute Gasteiger partial charge is 0.392 e. The lowest BCUT2D eigenvalue weighted by molar-refractivity contribution is 0.0479. The fraction of sp³-hybridized carbons (Fsp3) is 0.727. The van der Waals surface area contributed by atoms with Crippen LogP contribution in [0.15, 0.2) is 5.38 Å². The van der Waals surface area contributed by atoms with Gasteiger partial charge in [0.1, 0.15) is 0 Å². The maximum atomic E-state index is 10.0. The molecule has 14 heavy (non-hydrogen) atoms. The molecule has 0 aromatic carbocycles. The van der Waals surface area contributed by atoms with Gasteiger partial charge in [0.15, 0.2) is 0 Å². The molecule has 1 rings (SSSR count). The molecule has 0 radical (unpaired) electrons. The number of aromatic nitrogens is 1. The van der Waals surface area contributed by atoms with Crippen molar-refractivity contribution in [2.75, 3.05) is 0 Å². The normalized spacial score (nSPS) is 14.4. The molecule has 80 valence electrons. The van der Waals surface area contributed by atoms with Crippen molar-refractivity contribution in [2.45, 2.75) is 46.6 Å². The molecule has 1 aromatic heterocycles. The van der Waals surface area contributed by atoms with Gasteiger partial charge in [0.2, 0.25) is 0 Å². The number of thiazole rings is 1. The van der Waals surface area contributed by atoms with E-state index in [1.165, 1.54) is 0 Å². The zero-order chi connectivity index (χ0) is 10.8. The Kier molecular flexibility index (Phi) is 3.67. The van der Waals surface area contributed by atoms with Crippen LogP contribution in [0.4, 0.5) is 0 Å². The van der Waals surface area contributed by atoms with Crippen LogP contribution in [0.1, 0.15) is 37.9 Å². The van der Waals surface area contributed by atoms with E-state index in [1.54, 1.807) is 11.3 Å². The minimum atomic E-state index is -0.293. The van der Waals surface area contributed by atoms with Crippen LogP contribution < -0.4 is 0 Å². The highest BCUT2D eigenvalue weighted by atomic mass is 32.1. The Balaban J connectivity index is 2.61. The Morgan fingerprint density at radius 3 is 2.64 bits per heavy atom. The molecule has 2 nitrogen and oxygen atoms in total. The van der Waals surface area contributed by atoms with Crippen LogP contribution in [-0.4, -0.2) is 16.2 Å². The van der Waals surface area contributed by atoms with Crippen molar-refractivity contribution in [3.8, 4) is 0 Å². The Labute approximate surface area is 90.0 Å². The first kappa shape index (κ1) is 11.7. The third kappa shape index (κ3) is 2.79. The Morgan fingerprint density at radius 2 is 2.21 bits per heavy atom. The van der Waals surface area contributed by atoms with Crippen LogP contribution in [0, 0.1) is 12.3 Å². The van der Waals surface area contributed by atoms with Crippen LogP contribution in [0.2, 0.25) is 0 Å². The van der Waals surface area contributed by atoms with E-state index < -0.39 is 0 Å². The number of aliphatic hydroxyl groups is 1. The molecule has 0 aliphatic heterocycles. The van der Waals surface area contributed by atoms with Gasteiger partial charge < -0.3 is 5.11 Å². The van der Waals surface area contributed by atoms with Gasteiger partial charge in [-0.15, -0.1) is 11.3 Å². The van der Waals surface area contributed by atoms with Crippen molar-refractivity contribution in [2.24, 2.45) is 5.41 Å². The molecule has 0 aliphatic carbocycles. The summed E-state index contributed by atoms with van der Waals surface area (Å²) < 4.78 is 0. The van der Waals surface area contributed by atoms with Crippen molar-refractivity contribution < 1.29 is 5.11 Å². The number of hydrogen-bond acceptors (Lipinski definition) is 3. The van der Waals surface area contributed by atoms with Gasteiger partial charge >= 0.3 is 0 Å². The van der Waals surface area contributed by atoms with Gasteiger partial charge in [-0.1, -0.05) is 20.8 Å². The van der Waals surface area contributed by atoms with E-state index in [4.69, 9.17) is 0 Å². The highest BCUT2D eigenvalue weighted by molar-refractivity contribution is 7.09. The number of nitrogens with zero attached hydrogens (tertiary/aromatic N) is 1. The predicted molar refractivity (Wildman–Crippen MR) is 60.6 cm³/mol. The van der Waals surface area contributed by atoms with E-state index in [0.29, 0.717) is 6.42 Å². The quantitative estimate of drug-likeness (QED) is 0.834. The van der Waals surface area contributed by atoms with Crippen molar-refractivity contribution in [3.63, 3.8) is 0 Å². The van der Waals surface area contributed by atoms with Crippen LogP contribution in [0.3, 0.4) is 0 Å². The van der Waals surface area contributed by atoms with Crippen molar-refractivity contribution in [1.82, 2.24) is 4.98 Å². The van der Waals surface area contributed by atoms with Gasteiger partial charge in [0.25, 0.3) is 0 Å². The van der Waals surface area contributed by atoms with E-state index >= 15 is 0 Å². The van der Waals surface area contributed by atoms with Gasteiger partial charge in [-0.25, -0.2) is 4.98 Å². The molecule has 0 saturated heterocycles. The molecule has 3 heteroatoms.